The number of fused-ring (bicyclic) bond motifs is 3. The second-order valence-corrected chi connectivity index (χ2v) is 7.96. The second-order valence-electron chi connectivity index (χ2n) is 7.96. The van der Waals surface area contributed by atoms with E-state index >= 15 is 0 Å². The molecule has 0 aliphatic carbocycles. The van der Waals surface area contributed by atoms with Crippen molar-refractivity contribution < 1.29 is 14.6 Å². The smallest absolute Gasteiger partial charge is 0.347 e. The summed E-state index contributed by atoms with van der Waals surface area (Å²) in [5.74, 6) is -1.06. The first kappa shape index (κ1) is 18.9. The minimum atomic E-state index is -0.729. The predicted molar refractivity (Wildman–Crippen MR) is 106 cm³/mol. The van der Waals surface area contributed by atoms with Gasteiger partial charge in [-0.25, -0.2) is 9.78 Å². The molecule has 2 aliphatic rings. The van der Waals surface area contributed by atoms with Gasteiger partial charge < -0.3 is 14.7 Å². The summed E-state index contributed by atoms with van der Waals surface area (Å²) in [6, 6.07) is 4.20. The Morgan fingerprint density at radius 3 is 2.71 bits per heavy atom. The number of carbonyl (C=O) groups excluding carboxylic acids is 1. The first-order chi connectivity index (χ1) is 13.5. The van der Waals surface area contributed by atoms with Gasteiger partial charge in [0.15, 0.2) is 5.56 Å². The number of pyridine rings is 2. The molecule has 0 amide bonds. The van der Waals surface area contributed by atoms with Crippen molar-refractivity contribution in [1.29, 1.82) is 0 Å². The normalized spacial score (nSPS) is 24.6. The van der Waals surface area contributed by atoms with Crippen molar-refractivity contribution >= 4 is 17.0 Å². The van der Waals surface area contributed by atoms with Crippen LogP contribution in [0.15, 0.2) is 23.1 Å². The Morgan fingerprint density at radius 2 is 2.04 bits per heavy atom. The van der Waals surface area contributed by atoms with E-state index in [4.69, 9.17) is 4.74 Å². The van der Waals surface area contributed by atoms with Crippen molar-refractivity contribution in [2.24, 2.45) is 0 Å². The molecule has 1 unspecified atom stereocenters. The molecule has 2 fully saturated rings. The fourth-order valence-corrected chi connectivity index (χ4v) is 4.64. The van der Waals surface area contributed by atoms with Crippen LogP contribution in [0.2, 0.25) is 0 Å². The Balaban J connectivity index is 1.68. The molecule has 7 heteroatoms. The number of aromatic nitrogens is 2. The fraction of sp³-hybridized carbons (Fsp3) is 0.571. The second kappa shape index (κ2) is 7.54. The molecule has 150 valence electrons. The number of aromatic hydroxyl groups is 1. The van der Waals surface area contributed by atoms with E-state index in [-0.39, 0.29) is 17.4 Å². The van der Waals surface area contributed by atoms with E-state index < -0.39 is 11.5 Å². The number of unbranched alkanes of at least 4 members (excludes halogenated alkanes) is 1. The Morgan fingerprint density at radius 1 is 1.32 bits per heavy atom. The van der Waals surface area contributed by atoms with Crippen molar-refractivity contribution in [3.63, 3.8) is 0 Å². The zero-order valence-corrected chi connectivity index (χ0v) is 16.4. The lowest BCUT2D eigenvalue weighted by atomic mass is 10.0. The third-order valence-electron chi connectivity index (χ3n) is 6.26. The lowest BCUT2D eigenvalue weighted by Crippen LogP contribution is -2.43. The van der Waals surface area contributed by atoms with Gasteiger partial charge in [0.2, 0.25) is 0 Å². The SMILES string of the molecule is CCCCn1c(=O)c(C(=O)OC2C[C@H]3CC[C@@H](C2)N3C)c(O)c2cccnc21. The monoisotopic (exact) mass is 385 g/mol. The molecule has 2 saturated heterocycles. The van der Waals surface area contributed by atoms with Crippen molar-refractivity contribution in [1.82, 2.24) is 14.5 Å². The molecule has 4 rings (SSSR count). The first-order valence-electron chi connectivity index (χ1n) is 10.1. The molecule has 2 aliphatic heterocycles. The van der Waals surface area contributed by atoms with Crippen LogP contribution in [-0.2, 0) is 11.3 Å². The molecule has 7 nitrogen and oxygen atoms in total. The van der Waals surface area contributed by atoms with Crippen LogP contribution >= 0.6 is 0 Å². The third-order valence-corrected chi connectivity index (χ3v) is 6.26. The summed E-state index contributed by atoms with van der Waals surface area (Å²) in [7, 11) is 2.12. The predicted octanol–water partition coefficient (Wildman–Crippen LogP) is 2.68. The minimum Gasteiger partial charge on any atom is -0.506 e. The van der Waals surface area contributed by atoms with E-state index in [1.54, 1.807) is 18.3 Å². The van der Waals surface area contributed by atoms with Gasteiger partial charge in [-0.2, -0.15) is 0 Å². The first-order valence-corrected chi connectivity index (χ1v) is 10.1. The molecule has 1 N–H and O–H groups in total. The van der Waals surface area contributed by atoms with Crippen LogP contribution in [0.5, 0.6) is 5.75 Å². The van der Waals surface area contributed by atoms with Gasteiger partial charge in [-0.3, -0.25) is 9.36 Å². The average Bonchev–Trinajstić information content (AvgIpc) is 2.89. The fourth-order valence-electron chi connectivity index (χ4n) is 4.64. The maximum Gasteiger partial charge on any atom is 0.347 e. The van der Waals surface area contributed by atoms with Crippen LogP contribution < -0.4 is 5.56 Å². The standard InChI is InChI=1S/C21H27N3O4/c1-3-4-10-24-19-16(6-5-9-22-19)18(25)17(20(24)26)21(27)28-15-11-13-7-8-14(12-15)23(13)2/h5-6,9,13-15,25H,3-4,7-8,10-12H2,1-2H3/t13-,14+,15?. The number of rotatable bonds is 5. The molecule has 4 heterocycles. The van der Waals surface area contributed by atoms with Crippen molar-refractivity contribution in [2.45, 2.75) is 70.2 Å². The Bertz CT molecular complexity index is 941. The van der Waals surface area contributed by atoms with E-state index in [9.17, 15) is 14.7 Å². The maximum atomic E-state index is 13.0. The van der Waals surface area contributed by atoms with Crippen LogP contribution in [-0.4, -0.2) is 50.8 Å². The Labute approximate surface area is 163 Å². The lowest BCUT2D eigenvalue weighted by Gasteiger charge is -2.35. The van der Waals surface area contributed by atoms with E-state index in [0.717, 1.165) is 38.5 Å². The molecule has 0 aromatic carbocycles. The van der Waals surface area contributed by atoms with Crippen LogP contribution in [0.4, 0.5) is 0 Å². The number of hydrogen-bond acceptors (Lipinski definition) is 6. The molecule has 0 radical (unpaired) electrons. The number of piperidine rings is 1. The maximum absolute atomic E-state index is 13.0. The summed E-state index contributed by atoms with van der Waals surface area (Å²) < 4.78 is 7.20. The number of aryl methyl sites for hydroxylation is 1. The molecule has 2 aromatic rings. The van der Waals surface area contributed by atoms with Gasteiger partial charge >= 0.3 is 5.97 Å². The quantitative estimate of drug-likeness (QED) is 0.797. The van der Waals surface area contributed by atoms with Gasteiger partial charge in [0.05, 0.1) is 5.39 Å². The highest BCUT2D eigenvalue weighted by Crippen LogP contribution is 2.36. The highest BCUT2D eigenvalue weighted by atomic mass is 16.5. The molecule has 3 atom stereocenters. The largest absolute Gasteiger partial charge is 0.506 e. The van der Waals surface area contributed by atoms with Gasteiger partial charge in [-0.1, -0.05) is 13.3 Å². The topological polar surface area (TPSA) is 84.7 Å². The van der Waals surface area contributed by atoms with Crippen LogP contribution in [0.25, 0.3) is 11.0 Å². The van der Waals surface area contributed by atoms with Gasteiger partial charge in [0.1, 0.15) is 17.5 Å². The molecule has 2 aromatic heterocycles. The number of carbonyl (C=O) groups is 1. The van der Waals surface area contributed by atoms with Crippen LogP contribution in [0.1, 0.15) is 55.8 Å². The zero-order chi connectivity index (χ0) is 19.8. The minimum absolute atomic E-state index is 0.214. The number of esters is 1. The molecular weight excluding hydrogens is 358 g/mol. The Kier molecular flexibility index (Phi) is 5.10. The highest BCUT2D eigenvalue weighted by Gasteiger charge is 2.40. The lowest BCUT2D eigenvalue weighted by molar-refractivity contribution is -0.000860. The number of ether oxygens (including phenoxy) is 1. The Hall–Kier alpha value is -2.41. The summed E-state index contributed by atoms with van der Waals surface area (Å²) in [4.78, 5) is 32.6. The zero-order valence-electron chi connectivity index (χ0n) is 16.4. The molecule has 0 saturated carbocycles. The van der Waals surface area contributed by atoms with Gasteiger partial charge in [-0.15, -0.1) is 0 Å². The average molecular weight is 385 g/mol. The van der Waals surface area contributed by atoms with E-state index in [1.165, 1.54) is 4.57 Å². The summed E-state index contributed by atoms with van der Waals surface area (Å²) in [5, 5.41) is 11.1. The molecule has 28 heavy (non-hydrogen) atoms. The summed E-state index contributed by atoms with van der Waals surface area (Å²) in [6.45, 7) is 2.48. The van der Waals surface area contributed by atoms with Crippen LogP contribution in [0.3, 0.4) is 0 Å². The van der Waals surface area contributed by atoms with Crippen LogP contribution in [0, 0.1) is 0 Å². The number of nitrogens with zero attached hydrogens (tertiary/aromatic N) is 3. The van der Waals surface area contributed by atoms with Crippen molar-refractivity contribution in [2.75, 3.05) is 7.05 Å². The van der Waals surface area contributed by atoms with E-state index in [0.29, 0.717) is 29.7 Å². The third kappa shape index (κ3) is 3.17. The van der Waals surface area contributed by atoms with Gasteiger partial charge in [0.25, 0.3) is 5.56 Å². The summed E-state index contributed by atoms with van der Waals surface area (Å²) in [5.41, 5.74) is -0.409. The molecule has 2 bridgehead atoms. The molecular formula is C21H27N3O4. The molecule has 0 spiro atoms. The summed E-state index contributed by atoms with van der Waals surface area (Å²) >= 11 is 0. The number of hydrogen-bond donors (Lipinski definition) is 1. The van der Waals surface area contributed by atoms with Gasteiger partial charge in [0, 0.05) is 37.7 Å². The highest BCUT2D eigenvalue weighted by molar-refractivity contribution is 5.98. The van der Waals surface area contributed by atoms with E-state index in [1.807, 2.05) is 6.92 Å². The van der Waals surface area contributed by atoms with E-state index in [2.05, 4.69) is 16.9 Å². The van der Waals surface area contributed by atoms with Crippen molar-refractivity contribution in [3.05, 3.63) is 34.2 Å². The van der Waals surface area contributed by atoms with Gasteiger partial charge in [-0.05, 0) is 38.4 Å². The van der Waals surface area contributed by atoms with Crippen molar-refractivity contribution in [3.8, 4) is 5.75 Å². The summed E-state index contributed by atoms with van der Waals surface area (Å²) in [6.07, 6.45) is 6.84.